The van der Waals surface area contributed by atoms with Gasteiger partial charge in [0.2, 0.25) is 5.78 Å². The first-order valence-corrected chi connectivity index (χ1v) is 10.6. The van der Waals surface area contributed by atoms with Crippen LogP contribution < -0.4 is 25.9 Å². The van der Waals surface area contributed by atoms with Gasteiger partial charge < -0.3 is 15.2 Å². The minimum atomic E-state index is -0.246. The molecule has 9 heteroatoms. The molecule has 0 aliphatic heterocycles. The van der Waals surface area contributed by atoms with E-state index in [0.717, 1.165) is 0 Å². The van der Waals surface area contributed by atoms with Gasteiger partial charge in [0.25, 0.3) is 5.82 Å². The van der Waals surface area contributed by atoms with Gasteiger partial charge >= 0.3 is 0 Å². The molecule has 4 aromatic rings. The molecule has 0 fully saturated rings. The molecule has 0 atom stereocenters. The third-order valence-corrected chi connectivity index (χ3v) is 6.43. The van der Waals surface area contributed by atoms with Crippen LogP contribution >= 0.6 is 22.9 Å². The number of rotatable bonds is 5. The van der Waals surface area contributed by atoms with Crippen molar-refractivity contribution >= 4 is 50.4 Å². The number of halogens is 1. The van der Waals surface area contributed by atoms with Crippen LogP contribution in [0.25, 0.3) is 21.3 Å². The van der Waals surface area contributed by atoms with Crippen LogP contribution in [0.2, 0.25) is 5.02 Å². The van der Waals surface area contributed by atoms with Gasteiger partial charge in [-0.05, 0) is 42.0 Å². The molecule has 0 aliphatic rings. The molecule has 0 amide bonds. The lowest BCUT2D eigenvalue weighted by molar-refractivity contribution is -0.323. The van der Waals surface area contributed by atoms with Crippen LogP contribution in [0.1, 0.15) is 20.8 Å². The molecular formula is C23H18ClN4O3S+. The number of benzene rings is 2. The van der Waals surface area contributed by atoms with E-state index in [1.807, 2.05) is 0 Å². The average molecular weight is 466 g/mol. The number of hydrogen-bond acceptors (Lipinski definition) is 7. The number of H-pyrrole nitrogens is 1. The average Bonchev–Trinajstić information content (AvgIpc) is 3.13. The number of nitrogens with two attached hydrogens (primary N) is 2. The van der Waals surface area contributed by atoms with Gasteiger partial charge in [-0.25, -0.2) is 4.98 Å². The van der Waals surface area contributed by atoms with Crippen LogP contribution in [0.3, 0.4) is 0 Å². The zero-order chi connectivity index (χ0) is 23.0. The van der Waals surface area contributed by atoms with E-state index in [2.05, 4.69) is 11.1 Å². The topological polar surface area (TPSA) is 126 Å². The number of nitrogen functional groups attached to an aromatic ring is 2. The number of fused-ring (bicyclic) bond motifs is 1. The first-order chi connectivity index (χ1) is 15.4. The monoisotopic (exact) mass is 465 g/mol. The molecule has 7 nitrogen and oxygen atoms in total. The van der Waals surface area contributed by atoms with Crippen LogP contribution in [-0.2, 0) is 0 Å². The number of anilines is 2. The van der Waals surface area contributed by atoms with E-state index in [9.17, 15) is 10.1 Å². The number of carbonyl (C=O) groups is 1. The second kappa shape index (κ2) is 8.38. The number of methoxy groups -OCH3 is 2. The molecule has 0 aliphatic carbocycles. The van der Waals surface area contributed by atoms with E-state index in [1.54, 1.807) is 42.5 Å². The third kappa shape index (κ3) is 3.47. The molecule has 0 bridgehead atoms. The first-order valence-electron chi connectivity index (χ1n) is 9.39. The Morgan fingerprint density at radius 2 is 1.78 bits per heavy atom. The number of nitrogens with zero attached hydrogens (tertiary/aromatic N) is 1. The minimum absolute atomic E-state index is 0.177. The summed E-state index contributed by atoms with van der Waals surface area (Å²) in [5.41, 5.74) is 14.8. The highest BCUT2D eigenvalue weighted by atomic mass is 35.5. The molecule has 0 saturated carbocycles. The maximum absolute atomic E-state index is 13.2. The predicted molar refractivity (Wildman–Crippen MR) is 125 cm³/mol. The Balaban J connectivity index is 2.00. The van der Waals surface area contributed by atoms with Gasteiger partial charge in [0, 0.05) is 16.1 Å². The summed E-state index contributed by atoms with van der Waals surface area (Å²) in [5, 5.41) is 10.9. The summed E-state index contributed by atoms with van der Waals surface area (Å²) in [4.78, 5) is 17.1. The normalized spacial score (nSPS) is 10.7. The van der Waals surface area contributed by atoms with E-state index in [1.165, 1.54) is 25.6 Å². The highest BCUT2D eigenvalue weighted by molar-refractivity contribution is 7.21. The van der Waals surface area contributed by atoms with Crippen molar-refractivity contribution in [1.29, 1.82) is 5.26 Å². The van der Waals surface area contributed by atoms with E-state index in [4.69, 9.17) is 32.5 Å². The van der Waals surface area contributed by atoms with Crippen molar-refractivity contribution in [3.05, 3.63) is 63.5 Å². The van der Waals surface area contributed by atoms with Crippen molar-refractivity contribution in [2.45, 2.75) is 0 Å². The summed E-state index contributed by atoms with van der Waals surface area (Å²) in [6, 6.07) is 14.0. The Morgan fingerprint density at radius 3 is 2.41 bits per heavy atom. The molecule has 2 aromatic carbocycles. The van der Waals surface area contributed by atoms with Crippen LogP contribution in [0.15, 0.2) is 42.5 Å². The maximum Gasteiger partial charge on any atom is 0.290 e. The van der Waals surface area contributed by atoms with Crippen LogP contribution in [0, 0.1) is 11.3 Å². The summed E-state index contributed by atoms with van der Waals surface area (Å²) in [6.45, 7) is 0. The zero-order valence-electron chi connectivity index (χ0n) is 17.2. The highest BCUT2D eigenvalue weighted by Crippen LogP contribution is 2.43. The van der Waals surface area contributed by atoms with E-state index in [0.29, 0.717) is 48.3 Å². The number of thiophene rings is 1. The van der Waals surface area contributed by atoms with Gasteiger partial charge in [0.15, 0.2) is 16.3 Å². The van der Waals surface area contributed by atoms with Gasteiger partial charge in [-0.15, -0.1) is 0 Å². The fourth-order valence-corrected chi connectivity index (χ4v) is 4.75. The molecule has 0 spiro atoms. The van der Waals surface area contributed by atoms with Crippen LogP contribution in [-0.4, -0.2) is 20.0 Å². The highest BCUT2D eigenvalue weighted by Gasteiger charge is 2.27. The molecule has 2 heterocycles. The lowest BCUT2D eigenvalue weighted by Crippen LogP contribution is -2.13. The largest absolute Gasteiger partial charge is 0.493 e. The fourth-order valence-electron chi connectivity index (χ4n) is 3.52. The number of nitriles is 1. The summed E-state index contributed by atoms with van der Waals surface area (Å²) >= 11 is 7.12. The molecular weight excluding hydrogens is 448 g/mol. The molecule has 160 valence electrons. The number of pyridine rings is 1. The van der Waals surface area contributed by atoms with Gasteiger partial charge in [0.05, 0.1) is 25.3 Å². The summed E-state index contributed by atoms with van der Waals surface area (Å²) < 4.78 is 10.7. The van der Waals surface area contributed by atoms with Crippen LogP contribution in [0.5, 0.6) is 11.5 Å². The Labute approximate surface area is 192 Å². The van der Waals surface area contributed by atoms with Gasteiger partial charge in [0.1, 0.15) is 16.5 Å². The minimum Gasteiger partial charge on any atom is -0.493 e. The SMILES string of the molecule is COc1ccc(-c2c(C#N)c(N)[nH+]c3sc(C(=O)c4ccc(Cl)cc4)c(N)c23)cc1OC. The number of aromatic amines is 1. The zero-order valence-corrected chi connectivity index (χ0v) is 18.7. The molecule has 4 rings (SSSR count). The van der Waals surface area contributed by atoms with Crippen molar-refractivity contribution < 1.29 is 19.3 Å². The standard InChI is InChI=1S/C23H17ClN4O3S/c1-30-15-8-5-12(9-16(15)31-2)17-14(10-25)22(27)28-23-18(17)19(26)21(32-23)20(29)11-3-6-13(24)7-4-11/h3-9H,26H2,1-2H3,(H2,27,28)/p+1. The first kappa shape index (κ1) is 21.4. The lowest BCUT2D eigenvalue weighted by atomic mass is 9.96. The number of aromatic nitrogens is 1. The molecule has 32 heavy (non-hydrogen) atoms. The van der Waals surface area contributed by atoms with E-state index >= 15 is 0 Å². The number of carbonyl (C=O) groups excluding carboxylic acids is 1. The number of ether oxygens (including phenoxy) is 2. The molecule has 2 aromatic heterocycles. The maximum atomic E-state index is 13.2. The van der Waals surface area contributed by atoms with E-state index < -0.39 is 0 Å². The Hall–Kier alpha value is -3.80. The Morgan fingerprint density at radius 1 is 1.09 bits per heavy atom. The third-order valence-electron chi connectivity index (χ3n) is 5.06. The lowest BCUT2D eigenvalue weighted by Gasteiger charge is -2.11. The molecule has 0 unspecified atom stereocenters. The van der Waals surface area contributed by atoms with E-state index in [-0.39, 0.29) is 22.9 Å². The van der Waals surface area contributed by atoms with Crippen molar-refractivity contribution in [3.8, 4) is 28.7 Å². The van der Waals surface area contributed by atoms with Crippen molar-refractivity contribution in [2.24, 2.45) is 0 Å². The van der Waals surface area contributed by atoms with Gasteiger partial charge in [-0.1, -0.05) is 29.0 Å². The smallest absolute Gasteiger partial charge is 0.290 e. The quantitative estimate of drug-likeness (QED) is 0.423. The van der Waals surface area contributed by atoms with Crippen molar-refractivity contribution in [2.75, 3.05) is 25.7 Å². The Kier molecular flexibility index (Phi) is 5.61. The van der Waals surface area contributed by atoms with Gasteiger partial charge in [-0.2, -0.15) is 5.26 Å². The Bertz CT molecular complexity index is 1410. The number of hydrogen-bond donors (Lipinski definition) is 2. The molecule has 5 N–H and O–H groups in total. The summed E-state index contributed by atoms with van der Waals surface area (Å²) in [7, 11) is 3.06. The summed E-state index contributed by atoms with van der Waals surface area (Å²) in [6.07, 6.45) is 0. The van der Waals surface area contributed by atoms with Crippen molar-refractivity contribution in [3.63, 3.8) is 0 Å². The molecule has 0 saturated heterocycles. The fraction of sp³-hybridized carbons (Fsp3) is 0.0870. The second-order valence-corrected chi connectivity index (χ2v) is 8.31. The number of nitrogens with one attached hydrogen (secondary N) is 1. The second-order valence-electron chi connectivity index (χ2n) is 6.86. The predicted octanol–water partition coefficient (Wildman–Crippen LogP) is 4.32. The van der Waals surface area contributed by atoms with Crippen LogP contribution in [0.4, 0.5) is 11.5 Å². The number of ketones is 1. The molecule has 0 radical (unpaired) electrons. The van der Waals surface area contributed by atoms with Crippen molar-refractivity contribution in [1.82, 2.24) is 0 Å². The van der Waals surface area contributed by atoms with Gasteiger partial charge in [-0.3, -0.25) is 10.5 Å². The summed E-state index contributed by atoms with van der Waals surface area (Å²) in [5.74, 6) is 0.957.